The Hall–Kier alpha value is 0.0569. The van der Waals surface area contributed by atoms with E-state index in [-0.39, 0.29) is 35.7 Å². The normalized spacial score (nSPS) is 36.0. The van der Waals surface area contributed by atoms with Crippen molar-refractivity contribution in [2.45, 2.75) is 97.3 Å². The van der Waals surface area contributed by atoms with Crippen LogP contribution < -0.4 is 0 Å². The molecule has 23 heavy (non-hydrogen) atoms. The number of hydrogen-bond donors (Lipinski definition) is 0. The molecule has 2 heterocycles. The van der Waals surface area contributed by atoms with Crippen LogP contribution in [0.15, 0.2) is 0 Å². The highest BCUT2D eigenvalue weighted by atomic mass is 28.4. The van der Waals surface area contributed by atoms with Gasteiger partial charge in [0.2, 0.25) is 0 Å². The van der Waals surface area contributed by atoms with Gasteiger partial charge in [0.15, 0.2) is 14.6 Å². The van der Waals surface area contributed by atoms with Gasteiger partial charge in [-0.3, -0.25) is 0 Å². The second-order valence-electron chi connectivity index (χ2n) is 9.13. The van der Waals surface area contributed by atoms with Crippen molar-refractivity contribution < 1.29 is 18.6 Å². The molecule has 0 amide bonds. The van der Waals surface area contributed by atoms with Gasteiger partial charge in [0.1, 0.15) is 6.10 Å². The molecule has 0 unspecified atom stereocenters. The van der Waals surface area contributed by atoms with Crippen LogP contribution in [0, 0.1) is 11.8 Å². The highest BCUT2D eigenvalue weighted by Crippen LogP contribution is 2.44. The molecule has 2 rings (SSSR count). The fourth-order valence-electron chi connectivity index (χ4n) is 3.00. The molecule has 5 heteroatoms. The molecule has 0 radical (unpaired) electrons. The molecule has 2 saturated heterocycles. The Kier molecular flexibility index (Phi) is 5.69. The maximum atomic E-state index is 6.40. The molecule has 0 N–H and O–H groups in total. The number of epoxide rings is 1. The number of hydrogen-bond acceptors (Lipinski definition) is 4. The zero-order chi connectivity index (χ0) is 17.6. The van der Waals surface area contributed by atoms with E-state index in [9.17, 15) is 0 Å². The monoisotopic (exact) mass is 344 g/mol. The summed E-state index contributed by atoms with van der Waals surface area (Å²) in [4.78, 5) is 0. The van der Waals surface area contributed by atoms with Crippen LogP contribution in [0.1, 0.15) is 48.5 Å². The Balaban J connectivity index is 1.94. The molecule has 2 fully saturated rings. The number of ether oxygens (including phenoxy) is 3. The van der Waals surface area contributed by atoms with Gasteiger partial charge < -0.3 is 18.6 Å². The fraction of sp³-hybridized carbons (Fsp3) is 1.00. The summed E-state index contributed by atoms with van der Waals surface area (Å²) >= 11 is 0. The van der Waals surface area contributed by atoms with Crippen molar-refractivity contribution in [2.75, 3.05) is 6.61 Å². The molecular weight excluding hydrogens is 308 g/mol. The van der Waals surface area contributed by atoms with Crippen LogP contribution in [-0.4, -0.2) is 45.6 Å². The molecule has 0 spiro atoms. The minimum atomic E-state index is -1.72. The van der Waals surface area contributed by atoms with Crippen LogP contribution in [0.5, 0.6) is 0 Å². The van der Waals surface area contributed by atoms with Gasteiger partial charge in [-0.05, 0) is 32.0 Å². The van der Waals surface area contributed by atoms with E-state index in [1.807, 2.05) is 13.8 Å². The van der Waals surface area contributed by atoms with Crippen LogP contribution >= 0.6 is 0 Å². The predicted octanol–water partition coefficient (Wildman–Crippen LogP) is 4.20. The lowest BCUT2D eigenvalue weighted by molar-refractivity contribution is -0.225. The average molecular weight is 345 g/mol. The zero-order valence-corrected chi connectivity index (χ0v) is 17.4. The largest absolute Gasteiger partial charge is 0.416 e. The Morgan fingerprint density at radius 2 is 1.65 bits per heavy atom. The molecule has 0 aromatic heterocycles. The maximum absolute atomic E-state index is 6.40. The van der Waals surface area contributed by atoms with E-state index in [1.54, 1.807) is 0 Å². The third-order valence-electron chi connectivity index (χ3n) is 5.64. The third-order valence-corrected chi connectivity index (χ3v) is 10.1. The van der Waals surface area contributed by atoms with E-state index in [1.165, 1.54) is 0 Å². The molecular formula is C18H36O4Si. The molecule has 0 bridgehead atoms. The lowest BCUT2D eigenvalue weighted by Crippen LogP contribution is -2.48. The molecule has 2 aliphatic rings. The molecule has 0 aromatic rings. The molecule has 0 saturated carbocycles. The van der Waals surface area contributed by atoms with Crippen molar-refractivity contribution in [3.63, 3.8) is 0 Å². The maximum Gasteiger partial charge on any atom is 0.191 e. The fourth-order valence-corrected chi connectivity index (χ4v) is 4.12. The Labute approximate surface area is 143 Å². The van der Waals surface area contributed by atoms with Gasteiger partial charge in [0, 0.05) is 18.4 Å². The summed E-state index contributed by atoms with van der Waals surface area (Å²) in [7, 11) is -1.72. The van der Waals surface area contributed by atoms with Crippen molar-refractivity contribution in [1.82, 2.24) is 0 Å². The first-order chi connectivity index (χ1) is 10.4. The molecule has 0 aromatic carbocycles. The Morgan fingerprint density at radius 3 is 2.17 bits per heavy atom. The van der Waals surface area contributed by atoms with Gasteiger partial charge in [-0.1, -0.05) is 34.6 Å². The van der Waals surface area contributed by atoms with Crippen LogP contribution in [-0.2, 0) is 18.6 Å². The minimum absolute atomic E-state index is 0.122. The van der Waals surface area contributed by atoms with Crippen LogP contribution in [0.3, 0.4) is 0 Å². The van der Waals surface area contributed by atoms with Gasteiger partial charge in [-0.25, -0.2) is 0 Å². The van der Waals surface area contributed by atoms with Crippen LogP contribution in [0.25, 0.3) is 0 Å². The van der Waals surface area contributed by atoms with Crippen LogP contribution in [0.4, 0.5) is 0 Å². The highest BCUT2D eigenvalue weighted by molar-refractivity contribution is 6.74. The summed E-state index contributed by atoms with van der Waals surface area (Å²) in [5.74, 6) is 0.729. The first kappa shape index (κ1) is 19.4. The first-order valence-electron chi connectivity index (χ1n) is 9.04. The molecule has 4 nitrogen and oxygen atoms in total. The lowest BCUT2D eigenvalue weighted by Gasteiger charge is -2.40. The van der Waals surface area contributed by atoms with Crippen molar-refractivity contribution in [2.24, 2.45) is 11.8 Å². The standard InChI is InChI=1S/C18H36O4Si/c1-11(2)20-17-16-15(21-16)13(4)14(22-17)12(3)10-19-23(8,9)18(5,6)7/h11-17H,10H2,1-9H3/t12-,13+,14-,15+,16+,17-/m0/s1. The summed E-state index contributed by atoms with van der Waals surface area (Å²) in [6.45, 7) is 20.7. The SMILES string of the molecule is CC(C)O[C@H]1O[C@@H]([C@@H](C)CO[Si](C)(C)C(C)(C)C)[C@@H](C)[C@H]2O[C@@H]12. The summed E-state index contributed by atoms with van der Waals surface area (Å²) in [6.07, 6.45) is 0.464. The van der Waals surface area contributed by atoms with E-state index in [0.29, 0.717) is 11.8 Å². The lowest BCUT2D eigenvalue weighted by atomic mass is 9.88. The van der Waals surface area contributed by atoms with Gasteiger partial charge in [-0.15, -0.1) is 0 Å². The van der Waals surface area contributed by atoms with E-state index in [4.69, 9.17) is 18.6 Å². The van der Waals surface area contributed by atoms with Gasteiger partial charge in [0.05, 0.1) is 18.3 Å². The van der Waals surface area contributed by atoms with Crippen LogP contribution in [0.2, 0.25) is 18.1 Å². The third kappa shape index (κ3) is 4.37. The first-order valence-corrected chi connectivity index (χ1v) is 11.9. The second kappa shape index (κ2) is 6.75. The molecule has 136 valence electrons. The second-order valence-corrected chi connectivity index (χ2v) is 13.9. The molecule has 2 aliphatic heterocycles. The summed E-state index contributed by atoms with van der Waals surface area (Å²) in [5, 5.41) is 0.236. The van der Waals surface area contributed by atoms with Crippen molar-refractivity contribution in [3.05, 3.63) is 0 Å². The Bertz CT molecular complexity index is 404. The average Bonchev–Trinajstić information content (AvgIpc) is 3.18. The number of rotatable bonds is 6. The Morgan fingerprint density at radius 1 is 1.04 bits per heavy atom. The van der Waals surface area contributed by atoms with E-state index in [2.05, 4.69) is 47.7 Å². The summed E-state index contributed by atoms with van der Waals surface area (Å²) in [5.41, 5.74) is 0. The zero-order valence-electron chi connectivity index (χ0n) is 16.4. The van der Waals surface area contributed by atoms with Gasteiger partial charge in [-0.2, -0.15) is 0 Å². The summed E-state index contributed by atoms with van der Waals surface area (Å²) in [6, 6.07) is 0. The van der Waals surface area contributed by atoms with Gasteiger partial charge >= 0.3 is 0 Å². The quantitative estimate of drug-likeness (QED) is 0.535. The van der Waals surface area contributed by atoms with Crippen molar-refractivity contribution >= 4 is 8.32 Å². The van der Waals surface area contributed by atoms with Crippen molar-refractivity contribution in [3.8, 4) is 0 Å². The minimum Gasteiger partial charge on any atom is -0.416 e. The molecule has 6 atom stereocenters. The predicted molar refractivity (Wildman–Crippen MR) is 95.0 cm³/mol. The van der Waals surface area contributed by atoms with E-state index < -0.39 is 8.32 Å². The van der Waals surface area contributed by atoms with Crippen molar-refractivity contribution in [1.29, 1.82) is 0 Å². The smallest absolute Gasteiger partial charge is 0.191 e. The van der Waals surface area contributed by atoms with E-state index in [0.717, 1.165) is 6.61 Å². The number of fused-ring (bicyclic) bond motifs is 1. The highest BCUT2D eigenvalue weighted by Gasteiger charge is 2.57. The summed E-state index contributed by atoms with van der Waals surface area (Å²) < 4.78 is 24.4. The molecule has 0 aliphatic carbocycles. The van der Waals surface area contributed by atoms with Gasteiger partial charge in [0.25, 0.3) is 0 Å². The topological polar surface area (TPSA) is 40.2 Å². The van der Waals surface area contributed by atoms with E-state index >= 15 is 0 Å².